The molecule has 0 saturated carbocycles. The molecular weight excluding hydrogens is 439 g/mol. The summed E-state index contributed by atoms with van der Waals surface area (Å²) in [5.74, 6) is 1.17. The average molecular weight is 472 g/mol. The highest BCUT2D eigenvalue weighted by Gasteiger charge is 2.26. The first-order valence-corrected chi connectivity index (χ1v) is 9.60. The topological polar surface area (TPSA) is 56.7 Å². The molecular formula is C20H33IN4O. The summed E-state index contributed by atoms with van der Waals surface area (Å²) < 4.78 is 0. The number of halogens is 1. The highest BCUT2D eigenvalue weighted by molar-refractivity contribution is 14.0. The minimum Gasteiger partial charge on any atom is -0.357 e. The van der Waals surface area contributed by atoms with E-state index in [4.69, 9.17) is 0 Å². The molecule has 1 unspecified atom stereocenters. The van der Waals surface area contributed by atoms with Crippen molar-refractivity contribution >= 4 is 35.8 Å². The molecule has 26 heavy (non-hydrogen) atoms. The molecule has 0 bridgehead atoms. The second-order valence-corrected chi connectivity index (χ2v) is 6.46. The normalized spacial score (nSPS) is 15.5. The Morgan fingerprint density at radius 1 is 1.23 bits per heavy atom. The van der Waals surface area contributed by atoms with E-state index in [0.29, 0.717) is 18.4 Å². The molecule has 0 aromatic heterocycles. The van der Waals surface area contributed by atoms with Crippen molar-refractivity contribution in [1.82, 2.24) is 15.5 Å². The van der Waals surface area contributed by atoms with Gasteiger partial charge in [0.2, 0.25) is 5.91 Å². The predicted molar refractivity (Wildman–Crippen MR) is 119 cm³/mol. The van der Waals surface area contributed by atoms with Gasteiger partial charge in [0, 0.05) is 38.6 Å². The zero-order chi connectivity index (χ0) is 17.9. The summed E-state index contributed by atoms with van der Waals surface area (Å²) in [4.78, 5) is 18.6. The quantitative estimate of drug-likeness (QED) is 0.330. The van der Waals surface area contributed by atoms with Gasteiger partial charge in [0.05, 0.1) is 0 Å². The van der Waals surface area contributed by atoms with Crippen LogP contribution in [0.15, 0.2) is 35.3 Å². The Bertz CT molecular complexity index is 550. The summed E-state index contributed by atoms with van der Waals surface area (Å²) in [6, 6.07) is 10.8. The van der Waals surface area contributed by atoms with Gasteiger partial charge in [0.1, 0.15) is 0 Å². The van der Waals surface area contributed by atoms with E-state index in [2.05, 4.69) is 53.7 Å². The van der Waals surface area contributed by atoms with E-state index < -0.39 is 0 Å². The van der Waals surface area contributed by atoms with E-state index in [9.17, 15) is 4.79 Å². The van der Waals surface area contributed by atoms with E-state index >= 15 is 0 Å². The first kappa shape index (κ1) is 22.7. The lowest BCUT2D eigenvalue weighted by Gasteiger charge is -2.26. The Morgan fingerprint density at radius 3 is 2.62 bits per heavy atom. The number of hydrogen-bond donors (Lipinski definition) is 2. The fourth-order valence-electron chi connectivity index (χ4n) is 3.27. The number of likely N-dealkylation sites (tertiary alicyclic amines) is 1. The van der Waals surface area contributed by atoms with Crippen LogP contribution in [0.1, 0.15) is 45.1 Å². The molecule has 6 heteroatoms. The largest absolute Gasteiger partial charge is 0.357 e. The Kier molecular flexibility index (Phi) is 11.3. The zero-order valence-electron chi connectivity index (χ0n) is 16.0. The fraction of sp³-hybridized carbons (Fsp3) is 0.600. The van der Waals surface area contributed by atoms with Gasteiger partial charge in [-0.05, 0) is 38.2 Å². The van der Waals surface area contributed by atoms with Crippen LogP contribution in [0.4, 0.5) is 0 Å². The molecule has 1 amide bonds. The summed E-state index contributed by atoms with van der Waals surface area (Å²) in [6.07, 6.45) is 4.62. The standard InChI is InChI=1S/C20H32N4O.HI/c1-3-18(24-16-8-11-19(24)25)13-15-23-20(21-4-2)22-14-12-17-9-6-5-7-10-17;/h5-7,9-10,18H,3-4,8,11-16H2,1-2H3,(H2,21,22,23);1H. The molecule has 2 rings (SSSR count). The summed E-state index contributed by atoms with van der Waals surface area (Å²) in [6.45, 7) is 7.59. The molecule has 0 spiro atoms. The van der Waals surface area contributed by atoms with Crippen molar-refractivity contribution in [3.8, 4) is 0 Å². The summed E-state index contributed by atoms with van der Waals surface area (Å²) in [7, 11) is 0. The van der Waals surface area contributed by atoms with Gasteiger partial charge >= 0.3 is 0 Å². The number of rotatable bonds is 9. The minimum atomic E-state index is 0. The number of nitrogens with zero attached hydrogens (tertiary/aromatic N) is 2. The van der Waals surface area contributed by atoms with Crippen LogP contribution < -0.4 is 10.6 Å². The average Bonchev–Trinajstić information content (AvgIpc) is 3.05. The maximum Gasteiger partial charge on any atom is 0.222 e. The monoisotopic (exact) mass is 472 g/mol. The third kappa shape index (κ3) is 7.51. The number of nitrogens with one attached hydrogen (secondary N) is 2. The number of benzene rings is 1. The van der Waals surface area contributed by atoms with Gasteiger partial charge in [0.15, 0.2) is 5.96 Å². The molecule has 1 aromatic carbocycles. The van der Waals surface area contributed by atoms with Crippen LogP contribution in [0.2, 0.25) is 0 Å². The third-order valence-corrected chi connectivity index (χ3v) is 4.65. The van der Waals surface area contributed by atoms with Crippen molar-refractivity contribution in [1.29, 1.82) is 0 Å². The van der Waals surface area contributed by atoms with E-state index in [1.807, 2.05) is 11.0 Å². The van der Waals surface area contributed by atoms with Crippen LogP contribution in [0, 0.1) is 0 Å². The van der Waals surface area contributed by atoms with Gasteiger partial charge < -0.3 is 15.5 Å². The Balaban J connectivity index is 0.00000338. The smallest absolute Gasteiger partial charge is 0.222 e. The van der Waals surface area contributed by atoms with E-state index in [1.54, 1.807) is 0 Å². The molecule has 1 aliphatic rings. The van der Waals surface area contributed by atoms with Crippen LogP contribution >= 0.6 is 24.0 Å². The molecule has 0 radical (unpaired) electrons. The molecule has 1 saturated heterocycles. The molecule has 1 aliphatic heterocycles. The first-order valence-electron chi connectivity index (χ1n) is 9.60. The van der Waals surface area contributed by atoms with Crippen molar-refractivity contribution in [2.75, 3.05) is 26.2 Å². The summed E-state index contributed by atoms with van der Waals surface area (Å²) >= 11 is 0. The molecule has 5 nitrogen and oxygen atoms in total. The zero-order valence-corrected chi connectivity index (χ0v) is 18.4. The van der Waals surface area contributed by atoms with Crippen LogP contribution in [-0.4, -0.2) is 49.0 Å². The van der Waals surface area contributed by atoms with Gasteiger partial charge in [0.25, 0.3) is 0 Å². The summed E-state index contributed by atoms with van der Waals surface area (Å²) in [5, 5.41) is 6.69. The lowest BCUT2D eigenvalue weighted by atomic mass is 10.1. The second kappa shape index (κ2) is 12.9. The van der Waals surface area contributed by atoms with Crippen molar-refractivity contribution in [2.24, 2.45) is 4.99 Å². The number of carbonyl (C=O) groups is 1. The van der Waals surface area contributed by atoms with Crippen molar-refractivity contribution in [2.45, 2.75) is 52.0 Å². The third-order valence-electron chi connectivity index (χ3n) is 4.65. The minimum absolute atomic E-state index is 0. The van der Waals surface area contributed by atoms with Gasteiger partial charge in [-0.15, -0.1) is 24.0 Å². The van der Waals surface area contributed by atoms with Crippen LogP contribution in [0.3, 0.4) is 0 Å². The molecule has 1 heterocycles. The molecule has 1 atom stereocenters. The fourth-order valence-corrected chi connectivity index (χ4v) is 3.27. The van der Waals surface area contributed by atoms with Crippen LogP contribution in [0.5, 0.6) is 0 Å². The predicted octanol–water partition coefficient (Wildman–Crippen LogP) is 3.19. The molecule has 0 aliphatic carbocycles. The number of hydrogen-bond acceptors (Lipinski definition) is 2. The van der Waals surface area contributed by atoms with Gasteiger partial charge in [-0.25, -0.2) is 0 Å². The number of carbonyl (C=O) groups excluding carboxylic acids is 1. The number of amides is 1. The van der Waals surface area contributed by atoms with Crippen molar-refractivity contribution in [3.05, 3.63) is 35.9 Å². The van der Waals surface area contributed by atoms with E-state index in [-0.39, 0.29) is 24.0 Å². The lowest BCUT2D eigenvalue weighted by Crippen LogP contribution is -2.39. The SMILES string of the molecule is CCNC(=NCCC(CC)N1CCCC1=O)NCCc1ccccc1.I. The van der Waals surface area contributed by atoms with E-state index in [0.717, 1.165) is 57.8 Å². The highest BCUT2D eigenvalue weighted by atomic mass is 127. The van der Waals surface area contributed by atoms with E-state index in [1.165, 1.54) is 5.56 Å². The molecule has 1 fully saturated rings. The van der Waals surface area contributed by atoms with Crippen molar-refractivity contribution in [3.63, 3.8) is 0 Å². The number of guanidine groups is 1. The van der Waals surface area contributed by atoms with Gasteiger partial charge in [-0.1, -0.05) is 37.3 Å². The van der Waals surface area contributed by atoms with Crippen LogP contribution in [0.25, 0.3) is 0 Å². The highest BCUT2D eigenvalue weighted by Crippen LogP contribution is 2.18. The number of aliphatic imine (C=N–C) groups is 1. The molecule has 1 aromatic rings. The maximum atomic E-state index is 11.9. The molecule has 2 N–H and O–H groups in total. The van der Waals surface area contributed by atoms with Crippen molar-refractivity contribution < 1.29 is 4.79 Å². The Labute approximate surface area is 175 Å². The second-order valence-electron chi connectivity index (χ2n) is 6.46. The summed E-state index contributed by atoms with van der Waals surface area (Å²) in [5.41, 5.74) is 1.32. The Hall–Kier alpha value is -1.31. The maximum absolute atomic E-state index is 11.9. The van der Waals surface area contributed by atoms with Crippen LogP contribution in [-0.2, 0) is 11.2 Å². The van der Waals surface area contributed by atoms with Gasteiger partial charge in [-0.2, -0.15) is 0 Å². The Morgan fingerprint density at radius 2 is 2.00 bits per heavy atom. The first-order chi connectivity index (χ1) is 12.2. The lowest BCUT2D eigenvalue weighted by molar-refractivity contribution is -0.129. The molecule has 146 valence electrons. The van der Waals surface area contributed by atoms with Gasteiger partial charge in [-0.3, -0.25) is 9.79 Å².